The molecule has 1 aliphatic carbocycles. The fourth-order valence-electron chi connectivity index (χ4n) is 3.71. The van der Waals surface area contributed by atoms with Crippen molar-refractivity contribution in [2.75, 3.05) is 7.05 Å². The Morgan fingerprint density at radius 1 is 1.36 bits per heavy atom. The minimum atomic E-state index is 0.0504. The fraction of sp³-hybridized carbons (Fsp3) is 0.550. The van der Waals surface area contributed by atoms with E-state index in [1.54, 1.807) is 6.20 Å². The summed E-state index contributed by atoms with van der Waals surface area (Å²) in [5, 5.41) is 7.27. The van der Waals surface area contributed by atoms with E-state index in [2.05, 4.69) is 35.1 Å². The second kappa shape index (κ2) is 7.81. The van der Waals surface area contributed by atoms with Gasteiger partial charge in [-0.3, -0.25) is 14.9 Å². The predicted molar refractivity (Wildman–Crippen MR) is 98.6 cm³/mol. The molecular formula is C20H28N4O. The van der Waals surface area contributed by atoms with E-state index >= 15 is 0 Å². The van der Waals surface area contributed by atoms with Crippen LogP contribution < -0.4 is 0 Å². The smallest absolute Gasteiger partial charge is 0.257 e. The van der Waals surface area contributed by atoms with E-state index in [0.29, 0.717) is 5.92 Å². The Hall–Kier alpha value is -2.17. The number of aromatic amines is 1. The zero-order valence-electron chi connectivity index (χ0n) is 15.5. The summed E-state index contributed by atoms with van der Waals surface area (Å²) in [4.78, 5) is 19.3. The van der Waals surface area contributed by atoms with Crippen LogP contribution in [0, 0.1) is 6.92 Å². The normalized spacial score (nSPS) is 16.6. The molecule has 1 N–H and O–H groups in total. The molecule has 2 aromatic heterocycles. The first-order valence-corrected chi connectivity index (χ1v) is 9.28. The minimum Gasteiger partial charge on any atom is -0.339 e. The number of aryl methyl sites for hydroxylation is 1. The van der Waals surface area contributed by atoms with Gasteiger partial charge in [0.15, 0.2) is 0 Å². The van der Waals surface area contributed by atoms with Gasteiger partial charge in [-0.15, -0.1) is 0 Å². The Kier molecular flexibility index (Phi) is 5.51. The van der Waals surface area contributed by atoms with Gasteiger partial charge in [-0.05, 0) is 44.4 Å². The monoisotopic (exact) mass is 340 g/mol. The molecule has 134 valence electrons. The molecule has 0 radical (unpaired) electrons. The number of hydrogen-bond acceptors (Lipinski definition) is 3. The minimum absolute atomic E-state index is 0.0504. The number of hydrogen-bond donors (Lipinski definition) is 1. The zero-order valence-corrected chi connectivity index (χ0v) is 15.5. The summed E-state index contributed by atoms with van der Waals surface area (Å²) in [6.07, 6.45) is 10.3. The number of carbonyl (C=O) groups excluding carboxylic acids is 1. The molecule has 1 aliphatic rings. The number of H-pyrrole nitrogens is 1. The van der Waals surface area contributed by atoms with Crippen molar-refractivity contribution < 1.29 is 4.79 Å². The van der Waals surface area contributed by atoms with Gasteiger partial charge >= 0.3 is 0 Å². The third-order valence-electron chi connectivity index (χ3n) is 5.37. The van der Waals surface area contributed by atoms with Crippen LogP contribution in [0.25, 0.3) is 0 Å². The maximum atomic E-state index is 13.0. The lowest BCUT2D eigenvalue weighted by Gasteiger charge is -2.26. The molecule has 0 saturated heterocycles. The summed E-state index contributed by atoms with van der Waals surface area (Å²) < 4.78 is 0. The molecule has 0 aromatic carbocycles. The summed E-state index contributed by atoms with van der Waals surface area (Å²) >= 11 is 0. The van der Waals surface area contributed by atoms with Crippen molar-refractivity contribution >= 4 is 5.91 Å². The number of nitrogens with one attached hydrogen (secondary N) is 1. The standard InChI is InChI=1S/C20H28N4O/c1-14-9-10-21-17(11-14)12-15(2)24(3)20(25)18-13-22-23-19(18)16-7-5-4-6-8-16/h9-11,13,15-16H,4-8,12H2,1-3H3,(H,22,23)/t15-/m1/s1. The highest BCUT2D eigenvalue weighted by atomic mass is 16.2. The molecule has 2 heterocycles. The van der Waals surface area contributed by atoms with Gasteiger partial charge < -0.3 is 4.90 Å². The molecule has 25 heavy (non-hydrogen) atoms. The lowest BCUT2D eigenvalue weighted by atomic mass is 9.85. The van der Waals surface area contributed by atoms with E-state index in [4.69, 9.17) is 0 Å². The SMILES string of the molecule is Cc1ccnc(C[C@@H](C)N(C)C(=O)c2cn[nH]c2C2CCCCC2)c1. The van der Waals surface area contributed by atoms with Crippen molar-refractivity contribution in [3.8, 4) is 0 Å². The summed E-state index contributed by atoms with van der Waals surface area (Å²) in [6.45, 7) is 4.13. The molecule has 0 unspecified atom stereocenters. The number of amides is 1. The van der Waals surface area contributed by atoms with Crippen LogP contribution in [0.15, 0.2) is 24.5 Å². The first kappa shape index (κ1) is 17.6. The van der Waals surface area contributed by atoms with Gasteiger partial charge in [0.05, 0.1) is 17.5 Å². The maximum absolute atomic E-state index is 13.0. The fourth-order valence-corrected chi connectivity index (χ4v) is 3.71. The van der Waals surface area contributed by atoms with Crippen LogP contribution in [0.5, 0.6) is 0 Å². The van der Waals surface area contributed by atoms with Gasteiger partial charge in [0.2, 0.25) is 0 Å². The quantitative estimate of drug-likeness (QED) is 0.899. The lowest BCUT2D eigenvalue weighted by Crippen LogP contribution is -2.37. The van der Waals surface area contributed by atoms with Crippen LogP contribution >= 0.6 is 0 Å². The Morgan fingerprint density at radius 3 is 2.84 bits per heavy atom. The third kappa shape index (κ3) is 4.09. The average molecular weight is 340 g/mol. The molecule has 0 spiro atoms. The number of nitrogens with zero attached hydrogens (tertiary/aromatic N) is 3. The van der Waals surface area contributed by atoms with Crippen LogP contribution in [0.3, 0.4) is 0 Å². The van der Waals surface area contributed by atoms with Crippen LogP contribution in [0.1, 0.15) is 72.3 Å². The summed E-state index contributed by atoms with van der Waals surface area (Å²) in [5.74, 6) is 0.492. The van der Waals surface area contributed by atoms with Gasteiger partial charge in [-0.2, -0.15) is 5.10 Å². The molecule has 1 amide bonds. The van der Waals surface area contributed by atoms with E-state index in [1.165, 1.54) is 24.8 Å². The average Bonchev–Trinajstić information content (AvgIpc) is 3.11. The Bertz CT molecular complexity index is 718. The van der Waals surface area contributed by atoms with Crippen LogP contribution in [-0.4, -0.2) is 39.1 Å². The molecule has 1 atom stereocenters. The molecule has 1 fully saturated rings. The van der Waals surface area contributed by atoms with E-state index < -0.39 is 0 Å². The van der Waals surface area contributed by atoms with Gasteiger partial charge in [0, 0.05) is 37.3 Å². The summed E-state index contributed by atoms with van der Waals surface area (Å²) in [6, 6.07) is 4.15. The molecule has 0 bridgehead atoms. The van der Waals surface area contributed by atoms with Crippen molar-refractivity contribution in [3.63, 3.8) is 0 Å². The number of aromatic nitrogens is 3. The van der Waals surface area contributed by atoms with Gasteiger partial charge in [-0.25, -0.2) is 0 Å². The van der Waals surface area contributed by atoms with Crippen LogP contribution in [-0.2, 0) is 6.42 Å². The maximum Gasteiger partial charge on any atom is 0.257 e. The molecule has 5 nitrogen and oxygen atoms in total. The van der Waals surface area contributed by atoms with Gasteiger partial charge in [-0.1, -0.05) is 19.3 Å². The molecule has 0 aliphatic heterocycles. The van der Waals surface area contributed by atoms with E-state index in [0.717, 1.165) is 36.2 Å². The first-order valence-electron chi connectivity index (χ1n) is 9.28. The van der Waals surface area contributed by atoms with Crippen molar-refractivity contribution in [2.45, 2.75) is 64.3 Å². The zero-order chi connectivity index (χ0) is 17.8. The molecule has 1 saturated carbocycles. The lowest BCUT2D eigenvalue weighted by molar-refractivity contribution is 0.0741. The highest BCUT2D eigenvalue weighted by Crippen LogP contribution is 2.33. The Morgan fingerprint density at radius 2 is 2.12 bits per heavy atom. The van der Waals surface area contributed by atoms with Crippen molar-refractivity contribution in [1.29, 1.82) is 0 Å². The van der Waals surface area contributed by atoms with Gasteiger partial charge in [0.25, 0.3) is 5.91 Å². The van der Waals surface area contributed by atoms with E-state index in [1.807, 2.05) is 24.2 Å². The molecule has 3 rings (SSSR count). The van der Waals surface area contributed by atoms with Gasteiger partial charge in [0.1, 0.15) is 0 Å². The number of rotatable bonds is 5. The van der Waals surface area contributed by atoms with Crippen molar-refractivity contribution in [3.05, 3.63) is 47.0 Å². The highest BCUT2D eigenvalue weighted by Gasteiger charge is 2.26. The van der Waals surface area contributed by atoms with Crippen molar-refractivity contribution in [2.24, 2.45) is 0 Å². The second-order valence-electron chi connectivity index (χ2n) is 7.33. The summed E-state index contributed by atoms with van der Waals surface area (Å²) in [7, 11) is 1.88. The second-order valence-corrected chi connectivity index (χ2v) is 7.33. The Balaban J connectivity index is 1.71. The van der Waals surface area contributed by atoms with Crippen LogP contribution in [0.2, 0.25) is 0 Å². The number of pyridine rings is 1. The highest BCUT2D eigenvalue weighted by molar-refractivity contribution is 5.95. The van der Waals surface area contributed by atoms with E-state index in [9.17, 15) is 4.79 Å². The first-order chi connectivity index (χ1) is 12.1. The predicted octanol–water partition coefficient (Wildman–Crippen LogP) is 3.86. The topological polar surface area (TPSA) is 61.9 Å². The summed E-state index contributed by atoms with van der Waals surface area (Å²) in [5.41, 5.74) is 3.98. The third-order valence-corrected chi connectivity index (χ3v) is 5.37. The number of likely N-dealkylation sites (N-methyl/N-ethyl adjacent to an activating group) is 1. The van der Waals surface area contributed by atoms with E-state index in [-0.39, 0.29) is 11.9 Å². The van der Waals surface area contributed by atoms with Crippen LogP contribution in [0.4, 0.5) is 0 Å². The molecule has 5 heteroatoms. The largest absolute Gasteiger partial charge is 0.339 e. The Labute approximate surface area is 149 Å². The molecule has 2 aromatic rings. The van der Waals surface area contributed by atoms with Crippen molar-refractivity contribution in [1.82, 2.24) is 20.1 Å². The molecular weight excluding hydrogens is 312 g/mol. The number of carbonyl (C=O) groups is 1.